The molecule has 4 fully saturated rings. The number of fused-ring (bicyclic) bond motifs is 7. The fourth-order valence-corrected chi connectivity index (χ4v) is 8.20. The van der Waals surface area contributed by atoms with Crippen molar-refractivity contribution >= 4 is 23.4 Å². The molecule has 5 rings (SSSR count). The normalized spacial score (nSPS) is 44.1. The number of hydrogen-bond acceptors (Lipinski definition) is 6. The zero-order valence-corrected chi connectivity index (χ0v) is 21.6. The molecular formula is C29H38N2O6. The molecule has 0 unspecified atom stereocenters. The number of amides is 2. The lowest BCUT2D eigenvalue weighted by atomic mass is 9.61. The maximum atomic E-state index is 13.6. The molecule has 4 N–H and O–H groups in total. The Morgan fingerprint density at radius 1 is 1.11 bits per heavy atom. The largest absolute Gasteiger partial charge is 0.507 e. The maximum absolute atomic E-state index is 13.6. The summed E-state index contributed by atoms with van der Waals surface area (Å²) in [7, 11) is 0. The summed E-state index contributed by atoms with van der Waals surface area (Å²) in [5.74, 6) is -1.80. The van der Waals surface area contributed by atoms with E-state index in [0.717, 1.165) is 19.3 Å². The smallest absolute Gasteiger partial charge is 0.259 e. The molecule has 9 atom stereocenters. The fraction of sp³-hybridized carbons (Fsp3) is 0.655. The fourth-order valence-electron chi connectivity index (χ4n) is 8.20. The van der Waals surface area contributed by atoms with E-state index in [-0.39, 0.29) is 59.0 Å². The van der Waals surface area contributed by atoms with E-state index in [9.17, 15) is 29.4 Å². The third kappa shape index (κ3) is 4.27. The van der Waals surface area contributed by atoms with Gasteiger partial charge in [0.25, 0.3) is 5.91 Å². The van der Waals surface area contributed by atoms with Crippen LogP contribution in [0, 0.1) is 41.4 Å². The van der Waals surface area contributed by atoms with Gasteiger partial charge in [0.1, 0.15) is 17.1 Å². The van der Waals surface area contributed by atoms with Gasteiger partial charge in [-0.25, -0.2) is 0 Å². The summed E-state index contributed by atoms with van der Waals surface area (Å²) >= 11 is 0. The molecule has 0 aromatic carbocycles. The lowest BCUT2D eigenvalue weighted by Gasteiger charge is -2.44. The van der Waals surface area contributed by atoms with Gasteiger partial charge in [0.2, 0.25) is 5.91 Å². The summed E-state index contributed by atoms with van der Waals surface area (Å²) in [6.07, 6.45) is 10.8. The first kappa shape index (κ1) is 25.9. The van der Waals surface area contributed by atoms with Crippen LogP contribution >= 0.6 is 0 Å². The minimum absolute atomic E-state index is 0.0172. The summed E-state index contributed by atoms with van der Waals surface area (Å²) in [6.45, 7) is 4.59. The van der Waals surface area contributed by atoms with E-state index in [1.54, 1.807) is 6.08 Å². The van der Waals surface area contributed by atoms with Crippen molar-refractivity contribution in [3.8, 4) is 0 Å². The van der Waals surface area contributed by atoms with Gasteiger partial charge in [-0.3, -0.25) is 19.2 Å². The molecule has 3 saturated carbocycles. The topological polar surface area (TPSA) is 133 Å². The van der Waals surface area contributed by atoms with E-state index in [2.05, 4.69) is 24.5 Å². The van der Waals surface area contributed by atoms with Gasteiger partial charge in [0.15, 0.2) is 5.78 Å². The zero-order valence-electron chi connectivity index (χ0n) is 21.6. The molecule has 2 aliphatic heterocycles. The Morgan fingerprint density at radius 2 is 1.89 bits per heavy atom. The van der Waals surface area contributed by atoms with Crippen LogP contribution < -0.4 is 10.6 Å². The van der Waals surface area contributed by atoms with Gasteiger partial charge in [-0.15, -0.1) is 0 Å². The molecule has 0 aromatic rings. The predicted molar refractivity (Wildman–Crippen MR) is 136 cm³/mol. The Labute approximate surface area is 217 Å². The number of aliphatic hydroxyl groups excluding tert-OH is 1. The van der Waals surface area contributed by atoms with E-state index in [1.165, 1.54) is 12.2 Å². The molecule has 0 aromatic heterocycles. The lowest BCUT2D eigenvalue weighted by molar-refractivity contribution is -0.145. The van der Waals surface area contributed by atoms with Crippen LogP contribution in [-0.2, 0) is 19.2 Å². The SMILES string of the molecule is CC[C@H]1C[C@H]2C[C@H]3[C@@H]4C/C=C\C(=O)NCCC[C@@H]5NC(=O)C(=C(O)/C=C/[C@H]4CC(=O)[C@@H]3[C@@]2(O)[C@@H]1C)C5=O. The van der Waals surface area contributed by atoms with Crippen LogP contribution in [0.5, 0.6) is 0 Å². The Morgan fingerprint density at radius 3 is 2.65 bits per heavy atom. The standard InChI is InChI=1S/C29H38N2O6/c1-3-16-12-18-14-20-19-6-4-8-24(34)30-11-5-7-21-27(35)25(28(36)31-21)22(32)10-9-17(19)13-23(33)26(20)29(18,37)15(16)2/h4,8-10,15-21,26,32,37H,3,5-7,11-14H2,1-2H3,(H,30,34)(H,31,36)/b8-4-,10-9+,25-22?/t15-,16+,17+,18+,19-,20+,21+,26-,29-/m1/s1. The first-order chi connectivity index (χ1) is 17.7. The van der Waals surface area contributed by atoms with Gasteiger partial charge < -0.3 is 20.8 Å². The number of aliphatic hydroxyl groups is 2. The van der Waals surface area contributed by atoms with Crippen LogP contribution in [-0.4, -0.2) is 51.8 Å². The van der Waals surface area contributed by atoms with E-state index < -0.39 is 29.3 Å². The van der Waals surface area contributed by atoms with Crippen LogP contribution in [0.3, 0.4) is 0 Å². The van der Waals surface area contributed by atoms with Crippen molar-refractivity contribution in [2.24, 2.45) is 41.4 Å². The van der Waals surface area contributed by atoms with Crippen molar-refractivity contribution in [1.29, 1.82) is 0 Å². The van der Waals surface area contributed by atoms with Crippen molar-refractivity contribution in [1.82, 2.24) is 10.6 Å². The molecule has 3 aliphatic carbocycles. The number of Topliss-reactive ketones (excluding diaryl/α,β-unsaturated/α-hetero) is 2. The van der Waals surface area contributed by atoms with Crippen molar-refractivity contribution in [3.05, 3.63) is 35.6 Å². The average molecular weight is 511 g/mol. The zero-order chi connectivity index (χ0) is 26.5. The molecule has 2 bridgehead atoms. The number of carbonyl (C=O) groups is 4. The molecule has 37 heavy (non-hydrogen) atoms. The van der Waals surface area contributed by atoms with Crippen LogP contribution in [0.15, 0.2) is 35.6 Å². The second kappa shape index (κ2) is 9.86. The van der Waals surface area contributed by atoms with Crippen molar-refractivity contribution < 1.29 is 29.4 Å². The van der Waals surface area contributed by atoms with E-state index >= 15 is 0 Å². The first-order valence-corrected chi connectivity index (χ1v) is 13.8. The van der Waals surface area contributed by atoms with Crippen molar-refractivity contribution in [2.75, 3.05) is 6.54 Å². The molecule has 200 valence electrons. The second-order valence-electron chi connectivity index (χ2n) is 11.7. The van der Waals surface area contributed by atoms with Gasteiger partial charge in [0.05, 0.1) is 17.6 Å². The van der Waals surface area contributed by atoms with Crippen LogP contribution in [0.4, 0.5) is 0 Å². The summed E-state index contributed by atoms with van der Waals surface area (Å²) in [4.78, 5) is 51.2. The average Bonchev–Trinajstić information content (AvgIpc) is 3.41. The third-order valence-corrected chi connectivity index (χ3v) is 10.1. The Kier molecular flexibility index (Phi) is 6.90. The van der Waals surface area contributed by atoms with Gasteiger partial charge >= 0.3 is 0 Å². The minimum Gasteiger partial charge on any atom is -0.507 e. The molecule has 1 saturated heterocycles. The predicted octanol–water partition coefficient (Wildman–Crippen LogP) is 2.53. The Bertz CT molecular complexity index is 1090. The van der Waals surface area contributed by atoms with Crippen molar-refractivity contribution in [2.45, 2.75) is 70.4 Å². The molecule has 0 spiro atoms. The molecule has 8 heteroatoms. The molecule has 2 heterocycles. The van der Waals surface area contributed by atoms with Crippen LogP contribution in [0.1, 0.15) is 58.8 Å². The van der Waals surface area contributed by atoms with Gasteiger partial charge in [-0.05, 0) is 79.8 Å². The number of nitrogens with one attached hydrogen (secondary N) is 2. The Hall–Kier alpha value is -2.74. The number of rotatable bonds is 1. The molecule has 8 nitrogen and oxygen atoms in total. The van der Waals surface area contributed by atoms with E-state index in [0.29, 0.717) is 31.7 Å². The van der Waals surface area contributed by atoms with E-state index in [1.807, 2.05) is 6.08 Å². The minimum atomic E-state index is -0.999. The third-order valence-electron chi connectivity index (χ3n) is 10.1. The van der Waals surface area contributed by atoms with Gasteiger partial charge in [-0.2, -0.15) is 0 Å². The molecule has 5 aliphatic rings. The van der Waals surface area contributed by atoms with Crippen LogP contribution in [0.2, 0.25) is 0 Å². The first-order valence-electron chi connectivity index (χ1n) is 13.8. The molecular weight excluding hydrogens is 472 g/mol. The quantitative estimate of drug-likeness (QED) is 0.401. The lowest BCUT2D eigenvalue weighted by Crippen LogP contribution is -2.51. The Balaban J connectivity index is 1.49. The summed E-state index contributed by atoms with van der Waals surface area (Å²) in [5.41, 5.74) is -1.25. The summed E-state index contributed by atoms with van der Waals surface area (Å²) in [6, 6.07) is -0.726. The molecule has 2 amide bonds. The second-order valence-corrected chi connectivity index (χ2v) is 11.7. The molecule has 0 radical (unpaired) electrons. The van der Waals surface area contributed by atoms with Gasteiger partial charge in [0, 0.05) is 13.0 Å². The summed E-state index contributed by atoms with van der Waals surface area (Å²) in [5, 5.41) is 28.1. The monoisotopic (exact) mass is 510 g/mol. The number of ketones is 2. The van der Waals surface area contributed by atoms with Gasteiger partial charge in [-0.1, -0.05) is 32.4 Å². The maximum Gasteiger partial charge on any atom is 0.259 e. The van der Waals surface area contributed by atoms with Crippen molar-refractivity contribution in [3.63, 3.8) is 0 Å². The highest BCUT2D eigenvalue weighted by Crippen LogP contribution is 2.63. The highest BCUT2D eigenvalue weighted by atomic mass is 16.3. The highest BCUT2D eigenvalue weighted by molar-refractivity contribution is 6.27. The number of allylic oxidation sites excluding steroid dienone is 3. The summed E-state index contributed by atoms with van der Waals surface area (Å²) < 4.78 is 0. The highest BCUT2D eigenvalue weighted by Gasteiger charge is 2.66. The number of hydrogen-bond donors (Lipinski definition) is 4. The van der Waals surface area contributed by atoms with Crippen LogP contribution in [0.25, 0.3) is 0 Å². The number of carbonyl (C=O) groups excluding carboxylic acids is 4. The van der Waals surface area contributed by atoms with E-state index in [4.69, 9.17) is 0 Å².